The van der Waals surface area contributed by atoms with Crippen LogP contribution in [0.3, 0.4) is 0 Å². The van der Waals surface area contributed by atoms with E-state index in [9.17, 15) is 0 Å². The van der Waals surface area contributed by atoms with E-state index in [1.54, 1.807) is 0 Å². The number of rotatable bonds is 10. The van der Waals surface area contributed by atoms with Crippen molar-refractivity contribution >= 4 is 0 Å². The Morgan fingerprint density at radius 2 is 1.67 bits per heavy atom. The van der Waals surface area contributed by atoms with Crippen LogP contribution in [-0.2, 0) is 6.42 Å². The Morgan fingerprint density at radius 3 is 2.29 bits per heavy atom. The highest BCUT2D eigenvalue weighted by Gasteiger charge is 2.08. The van der Waals surface area contributed by atoms with Gasteiger partial charge in [0.15, 0.2) is 11.5 Å². The minimum Gasteiger partial charge on any atom is -0.490 e. The largest absolute Gasteiger partial charge is 0.490 e. The zero-order valence-corrected chi connectivity index (χ0v) is 14.0. The van der Waals surface area contributed by atoms with Crippen molar-refractivity contribution in [3.63, 3.8) is 0 Å². The van der Waals surface area contributed by atoms with E-state index < -0.39 is 0 Å². The Kier molecular flexibility index (Phi) is 8.65. The van der Waals surface area contributed by atoms with E-state index in [-0.39, 0.29) is 0 Å². The molecule has 0 heterocycles. The molecule has 2 heteroatoms. The lowest BCUT2D eigenvalue weighted by atomic mass is 10.00. The molecule has 0 bridgehead atoms. The quantitative estimate of drug-likeness (QED) is 0.536. The molecule has 1 unspecified atom stereocenters. The molecule has 0 aliphatic carbocycles. The standard InChI is InChI=1S/C19H30O2/c1-5-8-9-16(4)14-17-10-11-18(20-12-6-2)19(15-17)21-13-7-3/h8-11,15-16H,5-7,12-14H2,1-4H3/b9-8-. The van der Waals surface area contributed by atoms with Crippen molar-refractivity contribution in [3.05, 3.63) is 35.9 Å². The molecular formula is C19H30O2. The van der Waals surface area contributed by atoms with Gasteiger partial charge in [-0.15, -0.1) is 0 Å². The molecule has 0 aromatic heterocycles. The lowest BCUT2D eigenvalue weighted by molar-refractivity contribution is 0.268. The van der Waals surface area contributed by atoms with Crippen molar-refractivity contribution in [1.82, 2.24) is 0 Å². The van der Waals surface area contributed by atoms with Gasteiger partial charge in [-0.2, -0.15) is 0 Å². The van der Waals surface area contributed by atoms with Crippen molar-refractivity contribution in [2.45, 2.75) is 53.4 Å². The maximum Gasteiger partial charge on any atom is 0.161 e. The number of hydrogen-bond donors (Lipinski definition) is 0. The van der Waals surface area contributed by atoms with Gasteiger partial charge in [0, 0.05) is 0 Å². The molecule has 0 amide bonds. The van der Waals surface area contributed by atoms with Gasteiger partial charge in [0.2, 0.25) is 0 Å². The average Bonchev–Trinajstić information content (AvgIpc) is 2.49. The average molecular weight is 290 g/mol. The summed E-state index contributed by atoms with van der Waals surface area (Å²) in [6.07, 6.45) is 8.67. The van der Waals surface area contributed by atoms with E-state index in [0.717, 1.165) is 50.4 Å². The van der Waals surface area contributed by atoms with Gasteiger partial charge in [-0.05, 0) is 49.3 Å². The molecule has 1 aromatic carbocycles. The Morgan fingerprint density at radius 1 is 1.00 bits per heavy atom. The van der Waals surface area contributed by atoms with Crippen LogP contribution in [0.5, 0.6) is 11.5 Å². The van der Waals surface area contributed by atoms with E-state index in [1.807, 2.05) is 6.07 Å². The Balaban J connectivity index is 2.79. The summed E-state index contributed by atoms with van der Waals surface area (Å²) in [6.45, 7) is 10.1. The van der Waals surface area contributed by atoms with E-state index in [0.29, 0.717) is 5.92 Å². The maximum absolute atomic E-state index is 5.84. The van der Waals surface area contributed by atoms with Gasteiger partial charge in [-0.25, -0.2) is 0 Å². The van der Waals surface area contributed by atoms with Crippen LogP contribution in [0.25, 0.3) is 0 Å². The first-order valence-electron chi connectivity index (χ1n) is 8.26. The fourth-order valence-electron chi connectivity index (χ4n) is 2.14. The second kappa shape index (κ2) is 10.3. The summed E-state index contributed by atoms with van der Waals surface area (Å²) in [6, 6.07) is 6.34. The van der Waals surface area contributed by atoms with Gasteiger partial charge >= 0.3 is 0 Å². The Labute approximate surface area is 130 Å². The van der Waals surface area contributed by atoms with Crippen LogP contribution in [0, 0.1) is 5.92 Å². The summed E-state index contributed by atoms with van der Waals surface area (Å²) in [5, 5.41) is 0. The summed E-state index contributed by atoms with van der Waals surface area (Å²) in [5.74, 6) is 2.30. The number of ether oxygens (including phenoxy) is 2. The van der Waals surface area contributed by atoms with Crippen molar-refractivity contribution in [3.8, 4) is 11.5 Å². The zero-order valence-electron chi connectivity index (χ0n) is 14.0. The third-order valence-electron chi connectivity index (χ3n) is 3.19. The van der Waals surface area contributed by atoms with Crippen LogP contribution in [-0.4, -0.2) is 13.2 Å². The minimum absolute atomic E-state index is 0.548. The van der Waals surface area contributed by atoms with Crippen LogP contribution in [0.4, 0.5) is 0 Å². The van der Waals surface area contributed by atoms with E-state index in [1.165, 1.54) is 5.56 Å². The third-order valence-corrected chi connectivity index (χ3v) is 3.19. The second-order valence-electron chi connectivity index (χ2n) is 5.50. The zero-order chi connectivity index (χ0) is 15.5. The Bertz CT molecular complexity index is 424. The van der Waals surface area contributed by atoms with Gasteiger partial charge in [0.05, 0.1) is 13.2 Å². The highest BCUT2D eigenvalue weighted by Crippen LogP contribution is 2.29. The molecule has 118 valence electrons. The molecule has 0 aliphatic rings. The monoisotopic (exact) mass is 290 g/mol. The molecule has 2 nitrogen and oxygen atoms in total. The van der Waals surface area contributed by atoms with Crippen molar-refractivity contribution in [1.29, 1.82) is 0 Å². The van der Waals surface area contributed by atoms with Gasteiger partial charge < -0.3 is 9.47 Å². The molecule has 0 spiro atoms. The second-order valence-corrected chi connectivity index (χ2v) is 5.50. The third kappa shape index (κ3) is 6.70. The smallest absolute Gasteiger partial charge is 0.161 e. The van der Waals surface area contributed by atoms with Gasteiger partial charge in [0.1, 0.15) is 0 Å². The van der Waals surface area contributed by atoms with Crippen LogP contribution >= 0.6 is 0 Å². The summed E-state index contributed by atoms with van der Waals surface area (Å²) in [4.78, 5) is 0. The number of allylic oxidation sites excluding steroid dienone is 2. The normalized spacial score (nSPS) is 12.6. The predicted molar refractivity (Wildman–Crippen MR) is 90.3 cm³/mol. The van der Waals surface area contributed by atoms with Crippen LogP contribution in [0.1, 0.15) is 52.5 Å². The van der Waals surface area contributed by atoms with Gasteiger partial charge in [-0.1, -0.05) is 45.9 Å². The fourth-order valence-corrected chi connectivity index (χ4v) is 2.14. The lowest BCUT2D eigenvalue weighted by Gasteiger charge is -2.14. The summed E-state index contributed by atoms with van der Waals surface area (Å²) < 4.78 is 11.6. The fraction of sp³-hybridized carbons (Fsp3) is 0.579. The molecule has 21 heavy (non-hydrogen) atoms. The topological polar surface area (TPSA) is 18.5 Å². The minimum atomic E-state index is 0.548. The van der Waals surface area contributed by atoms with Gasteiger partial charge in [0.25, 0.3) is 0 Å². The number of benzene rings is 1. The molecule has 0 aliphatic heterocycles. The molecule has 1 aromatic rings. The molecule has 0 radical (unpaired) electrons. The van der Waals surface area contributed by atoms with E-state index in [2.05, 4.69) is 52.0 Å². The molecule has 0 N–H and O–H groups in total. The van der Waals surface area contributed by atoms with Crippen LogP contribution in [0.2, 0.25) is 0 Å². The highest BCUT2D eigenvalue weighted by molar-refractivity contribution is 5.43. The first kappa shape index (κ1) is 17.6. The first-order chi connectivity index (χ1) is 10.2. The summed E-state index contributed by atoms with van der Waals surface area (Å²) >= 11 is 0. The first-order valence-corrected chi connectivity index (χ1v) is 8.26. The Hall–Kier alpha value is -1.44. The van der Waals surface area contributed by atoms with Crippen molar-refractivity contribution < 1.29 is 9.47 Å². The van der Waals surface area contributed by atoms with E-state index >= 15 is 0 Å². The van der Waals surface area contributed by atoms with E-state index in [4.69, 9.17) is 9.47 Å². The SMILES string of the molecule is CC/C=C\C(C)Cc1ccc(OCCC)c(OCCC)c1. The molecule has 0 fully saturated rings. The summed E-state index contributed by atoms with van der Waals surface area (Å²) in [5.41, 5.74) is 1.30. The van der Waals surface area contributed by atoms with Gasteiger partial charge in [-0.3, -0.25) is 0 Å². The molecule has 1 rings (SSSR count). The maximum atomic E-state index is 5.84. The summed E-state index contributed by atoms with van der Waals surface area (Å²) in [7, 11) is 0. The molecule has 0 saturated heterocycles. The van der Waals surface area contributed by atoms with Crippen molar-refractivity contribution in [2.24, 2.45) is 5.92 Å². The van der Waals surface area contributed by atoms with Crippen LogP contribution < -0.4 is 9.47 Å². The highest BCUT2D eigenvalue weighted by atomic mass is 16.5. The molecule has 1 atom stereocenters. The van der Waals surface area contributed by atoms with Crippen LogP contribution in [0.15, 0.2) is 30.4 Å². The lowest BCUT2D eigenvalue weighted by Crippen LogP contribution is -2.03. The number of hydrogen-bond acceptors (Lipinski definition) is 2. The molecular weight excluding hydrogens is 260 g/mol. The van der Waals surface area contributed by atoms with Crippen molar-refractivity contribution in [2.75, 3.05) is 13.2 Å². The predicted octanol–water partition coefficient (Wildman–Crippen LogP) is 5.41. The molecule has 0 saturated carbocycles.